The molecule has 0 aromatic heterocycles. The van der Waals surface area contributed by atoms with Gasteiger partial charge in [0.15, 0.2) is 9.84 Å². The lowest BCUT2D eigenvalue weighted by atomic mass is 9.77. The second kappa shape index (κ2) is 4.06. The van der Waals surface area contributed by atoms with Gasteiger partial charge in [0.1, 0.15) is 0 Å². The minimum absolute atomic E-state index is 0.248. The van der Waals surface area contributed by atoms with Crippen molar-refractivity contribution >= 4 is 9.84 Å². The van der Waals surface area contributed by atoms with Crippen molar-refractivity contribution in [3.63, 3.8) is 0 Å². The summed E-state index contributed by atoms with van der Waals surface area (Å²) < 4.78 is 23.3. The van der Waals surface area contributed by atoms with Gasteiger partial charge in [0.05, 0.1) is 10.5 Å². The van der Waals surface area contributed by atoms with E-state index >= 15 is 0 Å². The molecule has 0 bridgehead atoms. The van der Waals surface area contributed by atoms with Gasteiger partial charge in [-0.25, -0.2) is 8.42 Å². The Morgan fingerprint density at radius 1 is 1.27 bits per heavy atom. The van der Waals surface area contributed by atoms with Crippen molar-refractivity contribution in [2.75, 3.05) is 18.8 Å². The molecule has 0 aromatic carbocycles. The molecule has 1 saturated heterocycles. The van der Waals surface area contributed by atoms with Crippen molar-refractivity contribution in [3.05, 3.63) is 0 Å². The van der Waals surface area contributed by atoms with Crippen molar-refractivity contribution in [2.24, 2.45) is 5.41 Å². The summed E-state index contributed by atoms with van der Waals surface area (Å²) in [5, 5.41) is 3.23. The highest BCUT2D eigenvalue weighted by atomic mass is 32.2. The quantitative estimate of drug-likeness (QED) is 0.802. The van der Waals surface area contributed by atoms with Gasteiger partial charge >= 0.3 is 0 Å². The maximum atomic E-state index is 11.9. The van der Waals surface area contributed by atoms with Gasteiger partial charge in [0.2, 0.25) is 0 Å². The Hall–Kier alpha value is -0.0900. The Kier molecular flexibility index (Phi) is 3.51. The standard InChI is InChI=1S/C11H23NO2S/c1-5-11(8-12-9-11)6-7-15(13,14)10(2,3)4/h12H,5-9H2,1-4H3. The summed E-state index contributed by atoms with van der Waals surface area (Å²) in [6, 6.07) is 0. The molecule has 0 aliphatic carbocycles. The summed E-state index contributed by atoms with van der Waals surface area (Å²) in [5.74, 6) is 0.325. The molecule has 0 atom stereocenters. The molecule has 1 aliphatic rings. The van der Waals surface area contributed by atoms with Crippen LogP contribution in [-0.4, -0.2) is 32.0 Å². The molecule has 3 nitrogen and oxygen atoms in total. The van der Waals surface area contributed by atoms with E-state index in [-0.39, 0.29) is 5.41 Å². The van der Waals surface area contributed by atoms with Crippen molar-refractivity contribution in [1.82, 2.24) is 5.32 Å². The third-order valence-corrected chi connectivity index (χ3v) is 6.19. The second-order valence-electron chi connectivity index (χ2n) is 5.64. The molecular formula is C11H23NO2S. The van der Waals surface area contributed by atoms with Crippen LogP contribution < -0.4 is 5.32 Å². The van der Waals surface area contributed by atoms with E-state index in [1.54, 1.807) is 20.8 Å². The number of rotatable bonds is 4. The molecular weight excluding hydrogens is 210 g/mol. The van der Waals surface area contributed by atoms with E-state index in [1.807, 2.05) is 0 Å². The predicted molar refractivity (Wildman–Crippen MR) is 63.8 cm³/mol. The van der Waals surface area contributed by atoms with Gasteiger partial charge in [-0.2, -0.15) is 0 Å². The molecule has 0 aromatic rings. The molecule has 4 heteroatoms. The lowest BCUT2D eigenvalue weighted by Gasteiger charge is -2.42. The smallest absolute Gasteiger partial charge is 0.155 e. The summed E-state index contributed by atoms with van der Waals surface area (Å²) in [4.78, 5) is 0. The Morgan fingerprint density at radius 3 is 2.07 bits per heavy atom. The summed E-state index contributed by atoms with van der Waals surface area (Å²) in [6.07, 6.45) is 1.87. The van der Waals surface area contributed by atoms with Crippen molar-refractivity contribution in [2.45, 2.75) is 45.3 Å². The van der Waals surface area contributed by atoms with E-state index in [4.69, 9.17) is 0 Å². The lowest BCUT2D eigenvalue weighted by Crippen LogP contribution is -2.54. The Bertz CT molecular complexity index is 304. The fraction of sp³-hybridized carbons (Fsp3) is 1.00. The van der Waals surface area contributed by atoms with E-state index in [1.165, 1.54) is 0 Å². The predicted octanol–water partition coefficient (Wildman–Crippen LogP) is 1.59. The van der Waals surface area contributed by atoms with Gasteiger partial charge in [-0.3, -0.25) is 0 Å². The Morgan fingerprint density at radius 2 is 1.80 bits per heavy atom. The molecule has 15 heavy (non-hydrogen) atoms. The van der Waals surface area contributed by atoms with Crippen LogP contribution in [-0.2, 0) is 9.84 Å². The minimum Gasteiger partial charge on any atom is -0.316 e. The molecule has 1 heterocycles. The van der Waals surface area contributed by atoms with Gasteiger partial charge in [0.25, 0.3) is 0 Å². The van der Waals surface area contributed by atoms with Gasteiger partial charge in [-0.15, -0.1) is 0 Å². The van der Waals surface area contributed by atoms with E-state index in [0.29, 0.717) is 5.75 Å². The van der Waals surface area contributed by atoms with E-state index in [2.05, 4.69) is 12.2 Å². The maximum Gasteiger partial charge on any atom is 0.155 e. The van der Waals surface area contributed by atoms with Crippen LogP contribution in [0.15, 0.2) is 0 Å². The fourth-order valence-electron chi connectivity index (χ4n) is 1.74. The van der Waals surface area contributed by atoms with Crippen LogP contribution in [0.3, 0.4) is 0 Å². The van der Waals surface area contributed by atoms with E-state index in [0.717, 1.165) is 25.9 Å². The molecule has 0 amide bonds. The van der Waals surface area contributed by atoms with Gasteiger partial charge in [0, 0.05) is 13.1 Å². The van der Waals surface area contributed by atoms with Gasteiger partial charge < -0.3 is 5.32 Å². The fourth-order valence-corrected chi connectivity index (χ4v) is 3.05. The van der Waals surface area contributed by atoms with Crippen LogP contribution in [0.1, 0.15) is 40.5 Å². The molecule has 0 saturated carbocycles. The first-order chi connectivity index (χ1) is 6.72. The third kappa shape index (κ3) is 2.72. The van der Waals surface area contributed by atoms with Crippen molar-refractivity contribution < 1.29 is 8.42 Å². The zero-order chi connectivity index (χ0) is 11.7. The van der Waals surface area contributed by atoms with E-state index in [9.17, 15) is 8.42 Å². The van der Waals surface area contributed by atoms with Gasteiger partial charge in [-0.1, -0.05) is 6.92 Å². The highest BCUT2D eigenvalue weighted by Gasteiger charge is 2.38. The molecule has 0 radical (unpaired) electrons. The number of sulfone groups is 1. The monoisotopic (exact) mass is 233 g/mol. The first-order valence-corrected chi connectivity index (χ1v) is 7.31. The van der Waals surface area contributed by atoms with Crippen LogP contribution in [0.2, 0.25) is 0 Å². The molecule has 1 rings (SSSR count). The summed E-state index contributed by atoms with van der Waals surface area (Å²) in [5.41, 5.74) is 0.248. The van der Waals surface area contributed by atoms with E-state index < -0.39 is 14.6 Å². The summed E-state index contributed by atoms with van der Waals surface area (Å²) in [7, 11) is -2.94. The van der Waals surface area contributed by atoms with Crippen LogP contribution in [0.5, 0.6) is 0 Å². The number of hydrogen-bond donors (Lipinski definition) is 1. The SMILES string of the molecule is CCC1(CCS(=O)(=O)C(C)(C)C)CNC1. The van der Waals surface area contributed by atoms with Crippen LogP contribution >= 0.6 is 0 Å². The zero-order valence-corrected chi connectivity index (χ0v) is 11.1. The molecule has 0 spiro atoms. The molecule has 1 fully saturated rings. The summed E-state index contributed by atoms with van der Waals surface area (Å²) in [6.45, 7) is 9.43. The average Bonchev–Trinajstić information content (AvgIpc) is 2.00. The average molecular weight is 233 g/mol. The first-order valence-electron chi connectivity index (χ1n) is 5.65. The molecule has 0 unspecified atom stereocenters. The van der Waals surface area contributed by atoms with Crippen molar-refractivity contribution in [1.29, 1.82) is 0 Å². The molecule has 90 valence electrons. The topological polar surface area (TPSA) is 46.2 Å². The summed E-state index contributed by atoms with van der Waals surface area (Å²) >= 11 is 0. The number of hydrogen-bond acceptors (Lipinski definition) is 3. The highest BCUT2D eigenvalue weighted by molar-refractivity contribution is 7.92. The normalized spacial score (nSPS) is 21.1. The zero-order valence-electron chi connectivity index (χ0n) is 10.3. The first kappa shape index (κ1) is 13.0. The van der Waals surface area contributed by atoms with Crippen molar-refractivity contribution in [3.8, 4) is 0 Å². The Labute approximate surface area is 93.6 Å². The van der Waals surface area contributed by atoms with Crippen LogP contribution in [0.25, 0.3) is 0 Å². The van der Waals surface area contributed by atoms with Gasteiger partial charge in [-0.05, 0) is 39.0 Å². The minimum atomic E-state index is -2.94. The number of nitrogens with one attached hydrogen (secondary N) is 1. The third-order valence-electron chi connectivity index (χ3n) is 3.58. The maximum absolute atomic E-state index is 11.9. The molecule has 1 aliphatic heterocycles. The Balaban J connectivity index is 2.57. The van der Waals surface area contributed by atoms with Crippen LogP contribution in [0, 0.1) is 5.41 Å². The largest absolute Gasteiger partial charge is 0.316 e. The second-order valence-corrected chi connectivity index (χ2v) is 8.50. The van der Waals surface area contributed by atoms with Crippen LogP contribution in [0.4, 0.5) is 0 Å². The lowest BCUT2D eigenvalue weighted by molar-refractivity contribution is 0.155. The highest BCUT2D eigenvalue weighted by Crippen LogP contribution is 2.32. The molecule has 1 N–H and O–H groups in total.